The van der Waals surface area contributed by atoms with E-state index in [1.54, 1.807) is 0 Å². The summed E-state index contributed by atoms with van der Waals surface area (Å²) in [6, 6.07) is 1.00. The molecular weight excluding hydrogens is 237 g/mol. The van der Waals surface area contributed by atoms with E-state index < -0.39 is 35.5 Å². The van der Waals surface area contributed by atoms with Gasteiger partial charge in [-0.05, 0) is 12.1 Å². The fourth-order valence-corrected chi connectivity index (χ4v) is 0.984. The summed E-state index contributed by atoms with van der Waals surface area (Å²) in [5.41, 5.74) is -4.09. The number of hydrogen-bond acceptors (Lipinski definition) is 2. The predicted octanol–water partition coefficient (Wildman–Crippen LogP) is 2.74. The van der Waals surface area contributed by atoms with Crippen molar-refractivity contribution >= 4 is 5.97 Å². The van der Waals surface area contributed by atoms with E-state index >= 15 is 0 Å². The highest BCUT2D eigenvalue weighted by Gasteiger charge is 2.38. The summed E-state index contributed by atoms with van der Waals surface area (Å²) in [5.74, 6) is -1.87. The van der Waals surface area contributed by atoms with Crippen molar-refractivity contribution in [2.75, 3.05) is 0 Å². The smallest absolute Gasteiger partial charge is 0.434 e. The van der Waals surface area contributed by atoms with Crippen LogP contribution in [0.4, 0.5) is 22.0 Å². The number of aromatic nitrogens is 1. The molecule has 0 saturated heterocycles. The van der Waals surface area contributed by atoms with E-state index in [1.165, 1.54) is 0 Å². The van der Waals surface area contributed by atoms with Crippen molar-refractivity contribution in [1.29, 1.82) is 0 Å². The lowest BCUT2D eigenvalue weighted by Crippen LogP contribution is -2.16. The van der Waals surface area contributed by atoms with Crippen LogP contribution in [-0.4, -0.2) is 16.1 Å². The van der Waals surface area contributed by atoms with Crippen molar-refractivity contribution in [3.8, 4) is 0 Å². The third-order valence-electron chi connectivity index (χ3n) is 1.64. The van der Waals surface area contributed by atoms with Gasteiger partial charge in [-0.1, -0.05) is 0 Å². The zero-order valence-electron chi connectivity index (χ0n) is 7.42. The molecule has 0 unspecified atom stereocenters. The van der Waals surface area contributed by atoms with Crippen LogP contribution in [-0.2, 0) is 6.18 Å². The van der Waals surface area contributed by atoms with E-state index in [0.29, 0.717) is 12.1 Å². The Morgan fingerprint density at radius 1 is 1.31 bits per heavy atom. The van der Waals surface area contributed by atoms with Crippen LogP contribution in [0.1, 0.15) is 28.2 Å². The molecule has 88 valence electrons. The van der Waals surface area contributed by atoms with Crippen molar-refractivity contribution in [2.24, 2.45) is 0 Å². The van der Waals surface area contributed by atoms with Gasteiger partial charge in [0.2, 0.25) is 0 Å². The lowest BCUT2D eigenvalue weighted by molar-refractivity contribution is -0.142. The summed E-state index contributed by atoms with van der Waals surface area (Å²) < 4.78 is 61.0. The second kappa shape index (κ2) is 4.03. The quantitative estimate of drug-likeness (QED) is 0.810. The topological polar surface area (TPSA) is 50.2 Å². The molecule has 0 fully saturated rings. The molecule has 0 aromatic carbocycles. The highest BCUT2D eigenvalue weighted by atomic mass is 19.4. The molecule has 1 heterocycles. The Morgan fingerprint density at radius 3 is 2.25 bits per heavy atom. The second-order valence-electron chi connectivity index (χ2n) is 2.74. The molecule has 0 radical (unpaired) electrons. The van der Waals surface area contributed by atoms with Gasteiger partial charge in [0.05, 0.1) is 5.56 Å². The Bertz CT molecular complexity index is 415. The number of hydrogen-bond donors (Lipinski definition) is 1. The number of nitrogens with zero attached hydrogens (tertiary/aromatic N) is 1. The molecule has 0 saturated carbocycles. The van der Waals surface area contributed by atoms with Crippen molar-refractivity contribution in [2.45, 2.75) is 12.6 Å². The van der Waals surface area contributed by atoms with Crippen LogP contribution in [0, 0.1) is 0 Å². The van der Waals surface area contributed by atoms with Gasteiger partial charge in [0.25, 0.3) is 6.43 Å². The maximum Gasteiger partial charge on any atom is 0.434 e. The summed E-state index contributed by atoms with van der Waals surface area (Å²) in [6.07, 6.45) is -8.28. The molecule has 0 spiro atoms. The monoisotopic (exact) mass is 241 g/mol. The summed E-state index contributed by atoms with van der Waals surface area (Å²) in [4.78, 5) is 13.0. The fraction of sp³-hybridized carbons (Fsp3) is 0.250. The highest BCUT2D eigenvalue weighted by molar-refractivity contribution is 5.89. The van der Waals surface area contributed by atoms with Gasteiger partial charge in [-0.3, -0.25) is 0 Å². The standard InChI is InChI=1S/C8H4F5NO2/c9-6(10)4-2-1-3(7(15)16)5(14-4)8(11,12)13/h1-2,6H,(H,15,16). The number of carbonyl (C=O) groups is 1. The van der Waals surface area contributed by atoms with E-state index in [4.69, 9.17) is 5.11 Å². The lowest BCUT2D eigenvalue weighted by Gasteiger charge is -2.10. The van der Waals surface area contributed by atoms with Crippen molar-refractivity contribution < 1.29 is 31.9 Å². The number of aromatic carboxylic acids is 1. The van der Waals surface area contributed by atoms with Crippen LogP contribution in [0.2, 0.25) is 0 Å². The molecular formula is C8H4F5NO2. The lowest BCUT2D eigenvalue weighted by atomic mass is 10.1. The van der Waals surface area contributed by atoms with Gasteiger partial charge in [0.15, 0.2) is 5.69 Å². The Kier molecular flexibility index (Phi) is 3.11. The molecule has 0 aliphatic heterocycles. The first-order chi connectivity index (χ1) is 7.23. The summed E-state index contributed by atoms with van der Waals surface area (Å²) >= 11 is 0. The average molecular weight is 241 g/mol. The Labute approximate surface area is 85.5 Å². The summed E-state index contributed by atoms with van der Waals surface area (Å²) in [6.45, 7) is 0. The first-order valence-electron chi connectivity index (χ1n) is 3.83. The Morgan fingerprint density at radius 2 is 1.88 bits per heavy atom. The van der Waals surface area contributed by atoms with Crippen LogP contribution >= 0.6 is 0 Å². The molecule has 8 heteroatoms. The fourth-order valence-electron chi connectivity index (χ4n) is 0.984. The van der Waals surface area contributed by atoms with E-state index in [2.05, 4.69) is 4.98 Å². The number of halogens is 5. The third kappa shape index (κ3) is 2.44. The van der Waals surface area contributed by atoms with Crippen LogP contribution in [0.5, 0.6) is 0 Å². The highest BCUT2D eigenvalue weighted by Crippen LogP contribution is 2.32. The summed E-state index contributed by atoms with van der Waals surface area (Å²) in [5, 5.41) is 8.43. The van der Waals surface area contributed by atoms with E-state index in [9.17, 15) is 26.7 Å². The second-order valence-corrected chi connectivity index (χ2v) is 2.74. The Balaban J connectivity index is 3.39. The molecule has 0 bridgehead atoms. The maximum absolute atomic E-state index is 12.3. The number of pyridine rings is 1. The minimum absolute atomic E-state index is 0.458. The number of carboxylic acid groups (broad SMARTS) is 1. The van der Waals surface area contributed by atoms with Gasteiger partial charge < -0.3 is 5.11 Å². The van der Waals surface area contributed by atoms with Gasteiger partial charge in [-0.15, -0.1) is 0 Å². The van der Waals surface area contributed by atoms with Crippen molar-refractivity contribution in [3.05, 3.63) is 29.1 Å². The van der Waals surface area contributed by atoms with Crippen LogP contribution < -0.4 is 0 Å². The number of rotatable bonds is 2. The van der Waals surface area contributed by atoms with Crippen molar-refractivity contribution in [3.63, 3.8) is 0 Å². The largest absolute Gasteiger partial charge is 0.478 e. The molecule has 16 heavy (non-hydrogen) atoms. The molecule has 1 rings (SSSR count). The van der Waals surface area contributed by atoms with Crippen LogP contribution in [0.15, 0.2) is 12.1 Å². The van der Waals surface area contributed by atoms with Gasteiger partial charge in [-0.2, -0.15) is 13.2 Å². The molecule has 0 aliphatic rings. The van der Waals surface area contributed by atoms with Gasteiger partial charge in [0, 0.05) is 0 Å². The Hall–Kier alpha value is -1.73. The first-order valence-corrected chi connectivity index (χ1v) is 3.83. The zero-order chi connectivity index (χ0) is 12.5. The molecule has 0 amide bonds. The van der Waals surface area contributed by atoms with E-state index in [0.717, 1.165) is 0 Å². The van der Waals surface area contributed by atoms with Crippen LogP contribution in [0.25, 0.3) is 0 Å². The van der Waals surface area contributed by atoms with Gasteiger partial charge in [0.1, 0.15) is 5.69 Å². The van der Waals surface area contributed by atoms with Crippen LogP contribution in [0.3, 0.4) is 0 Å². The average Bonchev–Trinajstić information content (AvgIpc) is 2.15. The summed E-state index contributed by atoms with van der Waals surface area (Å²) in [7, 11) is 0. The molecule has 0 aliphatic carbocycles. The minimum atomic E-state index is -5.08. The molecule has 1 aromatic rings. The number of alkyl halides is 5. The molecule has 1 aromatic heterocycles. The molecule has 1 N–H and O–H groups in total. The SMILES string of the molecule is O=C(O)c1ccc(C(F)F)nc1C(F)(F)F. The number of carboxylic acids is 1. The molecule has 0 atom stereocenters. The predicted molar refractivity (Wildman–Crippen MR) is 41.2 cm³/mol. The maximum atomic E-state index is 12.3. The van der Waals surface area contributed by atoms with Gasteiger partial charge in [-0.25, -0.2) is 18.6 Å². The van der Waals surface area contributed by atoms with Crippen molar-refractivity contribution in [1.82, 2.24) is 4.98 Å². The first kappa shape index (κ1) is 12.3. The third-order valence-corrected chi connectivity index (χ3v) is 1.64. The van der Waals surface area contributed by atoms with Gasteiger partial charge >= 0.3 is 12.1 Å². The molecule has 3 nitrogen and oxygen atoms in total. The minimum Gasteiger partial charge on any atom is -0.478 e. The zero-order valence-corrected chi connectivity index (χ0v) is 7.42. The van der Waals surface area contributed by atoms with E-state index in [-0.39, 0.29) is 0 Å². The van der Waals surface area contributed by atoms with E-state index in [1.807, 2.05) is 0 Å². The normalized spacial score (nSPS) is 11.9.